The van der Waals surface area contributed by atoms with Crippen LogP contribution in [0.15, 0.2) is 17.3 Å². The normalized spacial score (nSPS) is 14.2. The molecule has 0 saturated heterocycles. The van der Waals surface area contributed by atoms with Crippen LogP contribution >= 0.6 is 11.3 Å². The molecular formula is C36H64N6O7S2Si2. The molecule has 3 rings (SSSR count). The number of nitrogens with zero attached hydrogens (tertiary/aromatic N) is 6. The molecular weight excluding hydrogens is 749 g/mol. The first kappa shape index (κ1) is 45.0. The molecule has 2 atom stereocenters. The van der Waals surface area contributed by atoms with Gasteiger partial charge in [0.2, 0.25) is 0 Å². The number of hydrogen-bond acceptors (Lipinski definition) is 12. The zero-order valence-corrected chi connectivity index (χ0v) is 38.1. The Morgan fingerprint density at radius 3 is 2.00 bits per heavy atom. The molecule has 1 unspecified atom stereocenters. The van der Waals surface area contributed by atoms with E-state index >= 15 is 0 Å². The van der Waals surface area contributed by atoms with Gasteiger partial charge in [-0.25, -0.2) is 23.2 Å². The minimum atomic E-state index is -3.91. The van der Waals surface area contributed by atoms with Crippen molar-refractivity contribution in [3.8, 4) is 10.4 Å². The first-order valence-corrected chi connectivity index (χ1v) is 28.6. The molecule has 3 aromatic heterocycles. The summed E-state index contributed by atoms with van der Waals surface area (Å²) in [6.07, 6.45) is 4.00. The lowest BCUT2D eigenvalue weighted by Crippen LogP contribution is -2.46. The van der Waals surface area contributed by atoms with Crippen LogP contribution in [0.3, 0.4) is 0 Å². The molecule has 0 aliphatic rings. The van der Waals surface area contributed by atoms with Crippen LogP contribution in [0.2, 0.25) is 51.4 Å². The van der Waals surface area contributed by atoms with E-state index in [0.717, 1.165) is 17.0 Å². The summed E-state index contributed by atoms with van der Waals surface area (Å²) in [7, 11) is -6.72. The third-order valence-electron chi connectivity index (χ3n) is 8.39. The van der Waals surface area contributed by atoms with E-state index in [1.807, 2.05) is 41.5 Å². The van der Waals surface area contributed by atoms with Gasteiger partial charge in [0.15, 0.2) is 21.3 Å². The van der Waals surface area contributed by atoms with Crippen LogP contribution in [0, 0.1) is 0 Å². The Morgan fingerprint density at radius 1 is 0.981 bits per heavy atom. The summed E-state index contributed by atoms with van der Waals surface area (Å²) in [5.41, 5.74) is 0.778. The number of rotatable bonds is 19. The van der Waals surface area contributed by atoms with Crippen molar-refractivity contribution in [2.24, 2.45) is 0 Å². The van der Waals surface area contributed by atoms with Gasteiger partial charge in [0, 0.05) is 53.9 Å². The summed E-state index contributed by atoms with van der Waals surface area (Å²) < 4.78 is 47.7. The molecule has 1 amide bonds. The number of aromatic nitrogens is 4. The summed E-state index contributed by atoms with van der Waals surface area (Å²) in [6.45, 7) is 27.9. The van der Waals surface area contributed by atoms with E-state index in [2.05, 4.69) is 44.3 Å². The number of aryl methyl sites for hydroxylation is 1. The predicted octanol–water partition coefficient (Wildman–Crippen LogP) is 7.71. The van der Waals surface area contributed by atoms with Crippen molar-refractivity contribution in [3.63, 3.8) is 0 Å². The molecule has 0 radical (unpaired) electrons. The van der Waals surface area contributed by atoms with Gasteiger partial charge < -0.3 is 29.1 Å². The molecule has 3 heterocycles. The van der Waals surface area contributed by atoms with Crippen molar-refractivity contribution in [1.29, 1.82) is 0 Å². The van der Waals surface area contributed by atoms with Crippen molar-refractivity contribution in [1.82, 2.24) is 24.5 Å². The van der Waals surface area contributed by atoms with E-state index in [4.69, 9.17) is 24.3 Å². The number of hydrogen-bond donors (Lipinski definition) is 1. The van der Waals surface area contributed by atoms with Crippen LogP contribution in [0.1, 0.15) is 71.7 Å². The van der Waals surface area contributed by atoms with Crippen molar-refractivity contribution < 1.29 is 32.5 Å². The van der Waals surface area contributed by atoms with E-state index in [1.165, 1.54) is 17.6 Å². The fourth-order valence-corrected chi connectivity index (χ4v) is 9.08. The first-order chi connectivity index (χ1) is 24.3. The second-order valence-corrected chi connectivity index (χ2v) is 31.9. The van der Waals surface area contributed by atoms with Crippen LogP contribution in [0.25, 0.3) is 16.1 Å². The van der Waals surface area contributed by atoms with Crippen molar-refractivity contribution in [2.75, 3.05) is 37.8 Å². The lowest BCUT2D eigenvalue weighted by molar-refractivity contribution is 0.00952. The minimum Gasteiger partial charge on any atom is -0.444 e. The molecule has 0 aliphatic carbocycles. The van der Waals surface area contributed by atoms with Gasteiger partial charge in [0.05, 0.1) is 22.3 Å². The third-order valence-corrected chi connectivity index (χ3v) is 14.2. The summed E-state index contributed by atoms with van der Waals surface area (Å²) in [5, 5.41) is 15.5. The number of carbonyl (C=O) groups is 1. The van der Waals surface area contributed by atoms with Gasteiger partial charge in [-0.05, 0) is 73.4 Å². The van der Waals surface area contributed by atoms with Crippen LogP contribution < -0.4 is 4.90 Å². The average Bonchev–Trinajstić information content (AvgIpc) is 3.63. The van der Waals surface area contributed by atoms with Gasteiger partial charge in [-0.2, -0.15) is 9.61 Å². The highest BCUT2D eigenvalue weighted by Crippen LogP contribution is 2.37. The predicted molar refractivity (Wildman–Crippen MR) is 219 cm³/mol. The van der Waals surface area contributed by atoms with E-state index in [9.17, 15) is 18.3 Å². The van der Waals surface area contributed by atoms with Crippen LogP contribution in [0.5, 0.6) is 0 Å². The molecule has 0 aliphatic heterocycles. The monoisotopic (exact) mass is 812 g/mol. The average molecular weight is 813 g/mol. The zero-order valence-electron chi connectivity index (χ0n) is 34.4. The van der Waals surface area contributed by atoms with Gasteiger partial charge in [0.25, 0.3) is 0 Å². The van der Waals surface area contributed by atoms with Crippen molar-refractivity contribution in [3.05, 3.63) is 23.1 Å². The van der Waals surface area contributed by atoms with Gasteiger partial charge in [-0.1, -0.05) is 39.3 Å². The summed E-state index contributed by atoms with van der Waals surface area (Å²) >= 11 is 1.33. The van der Waals surface area contributed by atoms with Crippen LogP contribution in [-0.4, -0.2) is 111 Å². The highest BCUT2D eigenvalue weighted by atomic mass is 32.2. The molecule has 0 aromatic carbocycles. The highest BCUT2D eigenvalue weighted by molar-refractivity contribution is 7.91. The maximum Gasteiger partial charge on any atom is 0.410 e. The van der Waals surface area contributed by atoms with E-state index in [-0.39, 0.29) is 36.9 Å². The molecule has 0 saturated carbocycles. The Hall–Kier alpha value is -2.42. The minimum absolute atomic E-state index is 0.0387. The smallest absolute Gasteiger partial charge is 0.410 e. The Kier molecular flexibility index (Phi) is 15.3. The summed E-state index contributed by atoms with van der Waals surface area (Å²) in [4.78, 5) is 27.0. The van der Waals surface area contributed by atoms with Gasteiger partial charge in [0.1, 0.15) is 35.1 Å². The highest BCUT2D eigenvalue weighted by Gasteiger charge is 2.32. The Balaban J connectivity index is 2.23. The fraction of sp³-hybridized carbons (Fsp3) is 0.722. The lowest BCUT2D eigenvalue weighted by atomic mass is 10.1. The van der Waals surface area contributed by atoms with Gasteiger partial charge in [-0.3, -0.25) is 0 Å². The third kappa shape index (κ3) is 13.4. The summed E-state index contributed by atoms with van der Waals surface area (Å²) in [6, 6.07) is 1.42. The SMILES string of the molecule is CC(O)c1ncc(-c2cnn3c(N(COCC[Si](C)(C)C)COCC[Si](C)(C)C)c(S(C)(=O)=O)c(CC[C@@H](C)N(C(=O)OC(C)(C)C)C(C)C)nc23)s1. The second kappa shape index (κ2) is 18.0. The molecule has 3 aromatic rings. The van der Waals surface area contributed by atoms with Crippen LogP contribution in [-0.2, 0) is 30.5 Å². The number of aliphatic hydroxyl groups excluding tert-OH is 1. The molecule has 0 spiro atoms. The second-order valence-electron chi connectivity index (χ2n) is 17.6. The molecule has 0 bridgehead atoms. The molecule has 13 nitrogen and oxygen atoms in total. The van der Waals surface area contributed by atoms with Gasteiger partial charge >= 0.3 is 6.09 Å². The topological polar surface area (TPSA) is 149 Å². The number of carbonyl (C=O) groups excluding carboxylic acids is 1. The fourth-order valence-electron chi connectivity index (χ4n) is 5.58. The maximum absolute atomic E-state index is 14.0. The molecule has 1 N–H and O–H groups in total. The number of sulfone groups is 1. The maximum atomic E-state index is 14.0. The number of fused-ring (bicyclic) bond motifs is 1. The first-order valence-electron chi connectivity index (χ1n) is 18.5. The van der Waals surface area contributed by atoms with E-state index in [0.29, 0.717) is 47.4 Å². The zero-order chi connectivity index (χ0) is 40.1. The Morgan fingerprint density at radius 2 is 1.55 bits per heavy atom. The molecule has 0 fully saturated rings. The van der Waals surface area contributed by atoms with Crippen molar-refractivity contribution in [2.45, 2.75) is 141 Å². The largest absolute Gasteiger partial charge is 0.444 e. The number of amides is 1. The number of thiazole rings is 1. The quantitative estimate of drug-likeness (QED) is 0.0721. The Labute approximate surface area is 323 Å². The molecule has 300 valence electrons. The molecule has 53 heavy (non-hydrogen) atoms. The molecule has 17 heteroatoms. The van der Waals surface area contributed by atoms with Crippen LogP contribution in [0.4, 0.5) is 10.6 Å². The van der Waals surface area contributed by atoms with Crippen molar-refractivity contribution >= 4 is 54.9 Å². The summed E-state index contributed by atoms with van der Waals surface area (Å²) in [5.74, 6) is 0.306. The van der Waals surface area contributed by atoms with E-state index < -0.39 is 43.8 Å². The lowest BCUT2D eigenvalue weighted by Gasteiger charge is -2.34. The number of anilines is 1. The van der Waals surface area contributed by atoms with E-state index in [1.54, 1.807) is 33.6 Å². The Bertz CT molecular complexity index is 1750. The number of ether oxygens (including phenoxy) is 3. The standard InChI is InChI=1S/C36H64N6O7S2Si2/c1-25(2)41(35(44)49-36(5,6)7)26(3)15-16-29-31(51(8,45)46)34(40(23-47-17-19-52(9,10)11)24-48-18-20-53(12,13)14)42-32(39-29)28(21-38-42)30-22-37-33(50-30)27(4)43/h21-22,25-27,43H,15-20,23-24H2,1-14H3/t26-,27?/m1/s1. The number of aliphatic hydroxyl groups is 1. The van der Waals surface area contributed by atoms with Gasteiger partial charge in [-0.15, -0.1) is 11.3 Å².